The van der Waals surface area contributed by atoms with E-state index in [4.69, 9.17) is 18.5 Å². The highest BCUT2D eigenvalue weighted by atomic mass is 31.2. The number of phosphoric acid groups is 1. The molecule has 86 heavy (non-hydrogen) atoms. The molecule has 0 aromatic carbocycles. The summed E-state index contributed by atoms with van der Waals surface area (Å²) < 4.78 is 34.7. The fourth-order valence-corrected chi connectivity index (χ4v) is 10.9. The first-order chi connectivity index (χ1) is 42.0. The van der Waals surface area contributed by atoms with Gasteiger partial charge in [-0.2, -0.15) is 0 Å². The van der Waals surface area contributed by atoms with Gasteiger partial charge in [-0.15, -0.1) is 0 Å². The van der Waals surface area contributed by atoms with E-state index in [1.165, 1.54) is 193 Å². The Morgan fingerprint density at radius 1 is 0.360 bits per heavy atom. The van der Waals surface area contributed by atoms with Crippen molar-refractivity contribution in [1.82, 2.24) is 0 Å². The van der Waals surface area contributed by atoms with Crippen LogP contribution in [0.5, 0.6) is 0 Å². The van der Waals surface area contributed by atoms with Gasteiger partial charge >= 0.3 is 19.8 Å². The summed E-state index contributed by atoms with van der Waals surface area (Å²) in [5.74, 6) is -0.797. The van der Waals surface area contributed by atoms with Gasteiger partial charge < -0.3 is 18.9 Å². The lowest BCUT2D eigenvalue weighted by Crippen LogP contribution is -2.37. The van der Waals surface area contributed by atoms with Crippen molar-refractivity contribution in [3.05, 3.63) is 97.2 Å². The molecule has 0 heterocycles. The molecule has 10 heteroatoms. The Bertz CT molecular complexity index is 1770. The van der Waals surface area contributed by atoms with Crippen molar-refractivity contribution in [2.45, 2.75) is 328 Å². The molecule has 0 aromatic rings. The number of ether oxygens (including phenoxy) is 2. The van der Waals surface area contributed by atoms with Gasteiger partial charge in [-0.1, -0.05) is 317 Å². The van der Waals surface area contributed by atoms with E-state index in [-0.39, 0.29) is 32.0 Å². The molecular formula is C76H137NO8P+. The average molecular weight is 1220 g/mol. The van der Waals surface area contributed by atoms with Crippen LogP contribution in [0.25, 0.3) is 0 Å². The third-order valence-electron chi connectivity index (χ3n) is 15.6. The van der Waals surface area contributed by atoms with Crippen LogP contribution in [-0.4, -0.2) is 74.9 Å². The van der Waals surface area contributed by atoms with Crippen LogP contribution in [0.15, 0.2) is 97.2 Å². The van der Waals surface area contributed by atoms with E-state index < -0.39 is 26.5 Å². The number of allylic oxidation sites excluding steroid dienone is 16. The van der Waals surface area contributed by atoms with Crippen LogP contribution in [0.4, 0.5) is 0 Å². The second kappa shape index (κ2) is 66.4. The highest BCUT2D eigenvalue weighted by Gasteiger charge is 2.27. The van der Waals surface area contributed by atoms with Gasteiger partial charge in [0.15, 0.2) is 6.10 Å². The fraction of sp³-hybridized carbons (Fsp3) is 0.763. The lowest BCUT2D eigenvalue weighted by atomic mass is 10.0. The molecule has 0 radical (unpaired) electrons. The summed E-state index contributed by atoms with van der Waals surface area (Å²) in [7, 11) is 1.48. The number of carbonyl (C=O) groups excluding carboxylic acids is 2. The quantitative estimate of drug-likeness (QED) is 0.0211. The number of rotatable bonds is 66. The van der Waals surface area contributed by atoms with Gasteiger partial charge in [-0.05, 0) is 89.9 Å². The molecule has 0 amide bonds. The molecule has 2 atom stereocenters. The summed E-state index contributed by atoms with van der Waals surface area (Å²) >= 11 is 0. The first-order valence-electron chi connectivity index (χ1n) is 36.0. The van der Waals surface area contributed by atoms with Crippen LogP contribution in [0, 0.1) is 0 Å². The largest absolute Gasteiger partial charge is 0.472 e. The van der Waals surface area contributed by atoms with E-state index in [9.17, 15) is 19.0 Å². The number of hydrogen-bond donors (Lipinski definition) is 1. The zero-order valence-corrected chi connectivity index (χ0v) is 57.7. The smallest absolute Gasteiger partial charge is 0.462 e. The van der Waals surface area contributed by atoms with Gasteiger partial charge in [0, 0.05) is 12.8 Å². The molecule has 0 bridgehead atoms. The van der Waals surface area contributed by atoms with E-state index in [0.29, 0.717) is 17.4 Å². The lowest BCUT2D eigenvalue weighted by molar-refractivity contribution is -0.870. The summed E-state index contributed by atoms with van der Waals surface area (Å²) in [6.45, 7) is 4.23. The molecule has 498 valence electrons. The maximum absolute atomic E-state index is 12.9. The highest BCUT2D eigenvalue weighted by molar-refractivity contribution is 7.47. The number of phosphoric ester groups is 1. The number of quaternary nitrogens is 1. The zero-order chi connectivity index (χ0) is 62.6. The van der Waals surface area contributed by atoms with E-state index >= 15 is 0 Å². The maximum atomic E-state index is 12.9. The average Bonchev–Trinajstić information content (AvgIpc) is 3.70. The minimum atomic E-state index is -4.40. The standard InChI is InChI=1S/C76H136NO8P/c1-6-8-10-12-14-16-18-20-22-24-26-28-29-30-31-32-33-34-35-36-37-38-39-40-41-42-43-44-45-46-47-49-51-53-55-57-59-61-63-65-67-69-76(79)85-74(73-84-86(80,81)83-71-70-77(3,4)5)72-82-75(78)68-66-64-62-60-58-56-54-52-50-48-27-25-23-21-19-17-15-13-11-9-7-2/h8-11,14-17,20-23,26-28,48,74H,6-7,12-13,18-19,24-25,29-47,49-73H2,1-5H3/p+1/b10-8-,11-9-,16-14-,17-15-,22-20-,23-21-,28-26-,48-27-. The molecule has 0 aliphatic rings. The number of hydrogen-bond acceptors (Lipinski definition) is 7. The monoisotopic (exact) mass is 1220 g/mol. The van der Waals surface area contributed by atoms with Gasteiger partial charge in [-0.3, -0.25) is 18.6 Å². The summed E-state index contributed by atoms with van der Waals surface area (Å²) in [4.78, 5) is 35.8. The number of esters is 2. The molecule has 0 aliphatic carbocycles. The SMILES string of the molecule is CC/C=C\C/C=C\C/C=C\C/C=C\CCCCCCCCCCCCCCCCCCCCCCCCCCCCCCC(=O)OC(COC(=O)CCCCCCCCCC/C=C\C/C=C\C/C=C\C/C=C\CC)COP(=O)(O)OCC[N+](C)(C)C. The van der Waals surface area contributed by atoms with Crippen LogP contribution >= 0.6 is 7.82 Å². The Balaban J connectivity index is 3.92. The molecule has 0 aromatic heterocycles. The van der Waals surface area contributed by atoms with Crippen LogP contribution < -0.4 is 0 Å². The molecular weight excluding hydrogens is 1090 g/mol. The molecule has 0 saturated heterocycles. The molecule has 1 N–H and O–H groups in total. The Morgan fingerprint density at radius 2 is 0.628 bits per heavy atom. The van der Waals surface area contributed by atoms with Crippen molar-refractivity contribution in [3.8, 4) is 0 Å². The van der Waals surface area contributed by atoms with Crippen molar-refractivity contribution in [2.75, 3.05) is 47.5 Å². The minimum absolute atomic E-state index is 0.0289. The number of likely N-dealkylation sites (N-methyl/N-ethyl adjacent to an activating group) is 1. The van der Waals surface area contributed by atoms with Gasteiger partial charge in [0.1, 0.15) is 19.8 Å². The third-order valence-corrected chi connectivity index (χ3v) is 16.6. The number of unbranched alkanes of at least 4 members (excludes halogenated alkanes) is 36. The van der Waals surface area contributed by atoms with Crippen LogP contribution in [0.2, 0.25) is 0 Å². The summed E-state index contributed by atoms with van der Waals surface area (Å²) in [5.41, 5.74) is 0. The summed E-state index contributed by atoms with van der Waals surface area (Å²) in [5, 5.41) is 0. The Hall–Kier alpha value is -3.07. The fourth-order valence-electron chi connectivity index (χ4n) is 10.2. The second-order valence-electron chi connectivity index (χ2n) is 25.2. The highest BCUT2D eigenvalue weighted by Crippen LogP contribution is 2.43. The maximum Gasteiger partial charge on any atom is 0.472 e. The molecule has 0 saturated carbocycles. The van der Waals surface area contributed by atoms with Crippen molar-refractivity contribution >= 4 is 19.8 Å². The zero-order valence-electron chi connectivity index (χ0n) is 56.8. The number of carbonyl (C=O) groups is 2. The number of nitrogens with zero attached hydrogens (tertiary/aromatic N) is 1. The Morgan fingerprint density at radius 3 is 0.930 bits per heavy atom. The van der Waals surface area contributed by atoms with Crippen LogP contribution in [0.3, 0.4) is 0 Å². The van der Waals surface area contributed by atoms with E-state index in [1.807, 2.05) is 21.1 Å². The summed E-state index contributed by atoms with van der Waals surface area (Å²) in [6.07, 6.45) is 92.5. The minimum Gasteiger partial charge on any atom is -0.462 e. The molecule has 0 fully saturated rings. The topological polar surface area (TPSA) is 108 Å². The molecule has 0 aliphatic heterocycles. The van der Waals surface area contributed by atoms with Gasteiger partial charge in [0.05, 0.1) is 27.7 Å². The van der Waals surface area contributed by atoms with Gasteiger partial charge in [0.2, 0.25) is 0 Å². The van der Waals surface area contributed by atoms with Crippen molar-refractivity contribution < 1.29 is 42.1 Å². The predicted octanol–water partition coefficient (Wildman–Crippen LogP) is 23.5. The van der Waals surface area contributed by atoms with Crippen molar-refractivity contribution in [3.63, 3.8) is 0 Å². The normalized spacial score (nSPS) is 13.7. The van der Waals surface area contributed by atoms with E-state index in [2.05, 4.69) is 111 Å². The van der Waals surface area contributed by atoms with Gasteiger partial charge in [0.25, 0.3) is 0 Å². The third kappa shape index (κ3) is 70.0. The van der Waals surface area contributed by atoms with Crippen molar-refractivity contribution in [2.24, 2.45) is 0 Å². The molecule has 9 nitrogen and oxygen atoms in total. The van der Waals surface area contributed by atoms with Crippen LogP contribution in [0.1, 0.15) is 322 Å². The van der Waals surface area contributed by atoms with E-state index in [0.717, 1.165) is 96.3 Å². The molecule has 0 spiro atoms. The lowest BCUT2D eigenvalue weighted by Gasteiger charge is -2.24. The molecule has 0 rings (SSSR count). The first-order valence-corrected chi connectivity index (χ1v) is 37.5. The van der Waals surface area contributed by atoms with Crippen molar-refractivity contribution in [1.29, 1.82) is 0 Å². The van der Waals surface area contributed by atoms with E-state index in [1.54, 1.807) is 0 Å². The molecule has 2 unspecified atom stereocenters. The van der Waals surface area contributed by atoms with Gasteiger partial charge in [-0.25, -0.2) is 4.57 Å². The first kappa shape index (κ1) is 82.9. The van der Waals surface area contributed by atoms with Crippen LogP contribution in [-0.2, 0) is 32.7 Å². The Kier molecular flexibility index (Phi) is 64.0. The predicted molar refractivity (Wildman–Crippen MR) is 372 cm³/mol. The Labute approximate surface area is 532 Å². The second-order valence-corrected chi connectivity index (χ2v) is 26.7. The summed E-state index contributed by atoms with van der Waals surface area (Å²) in [6, 6.07) is 0.